The molecule has 0 unspecified atom stereocenters. The molecule has 176 valence electrons. The minimum atomic E-state index is -0.554. The van der Waals surface area contributed by atoms with E-state index in [0.717, 1.165) is 22.6 Å². The molecule has 1 atom stereocenters. The summed E-state index contributed by atoms with van der Waals surface area (Å²) in [5, 5.41) is 0. The van der Waals surface area contributed by atoms with Crippen LogP contribution in [0, 0.1) is 0 Å². The Labute approximate surface area is 201 Å². The number of nitrogens with zero attached hydrogens (tertiary/aromatic N) is 3. The maximum Gasteiger partial charge on any atom is 0.338 e. The molecule has 1 aromatic heterocycles. The molecule has 2 heterocycles. The third-order valence-corrected chi connectivity index (χ3v) is 6.66. The molecule has 2 aromatic carbocycles. The van der Waals surface area contributed by atoms with Crippen molar-refractivity contribution in [2.45, 2.75) is 19.9 Å². The van der Waals surface area contributed by atoms with Crippen LogP contribution in [0.3, 0.4) is 0 Å². The molecular formula is C26H27N3O4S. The first-order valence-corrected chi connectivity index (χ1v) is 11.8. The molecule has 7 nitrogen and oxygen atoms in total. The van der Waals surface area contributed by atoms with E-state index in [9.17, 15) is 9.59 Å². The van der Waals surface area contributed by atoms with E-state index >= 15 is 0 Å². The van der Waals surface area contributed by atoms with Gasteiger partial charge in [-0.05, 0) is 55.3 Å². The standard InChI is InChI=1S/C26H27N3O4S/c1-6-33-25(31)22-16(2)29-24(30)21(15-17-7-13-20(32-5)14-8-17)34-26(29)27-23(22)18-9-11-19(12-10-18)28(3)4/h7-15,23H,6H2,1-5H3/b21-15-/t23-/m0/s1. The summed E-state index contributed by atoms with van der Waals surface area (Å²) < 4.78 is 12.6. The third-order valence-electron chi connectivity index (χ3n) is 5.68. The van der Waals surface area contributed by atoms with Gasteiger partial charge in [-0.25, -0.2) is 9.79 Å². The summed E-state index contributed by atoms with van der Waals surface area (Å²) in [6, 6.07) is 14.8. The van der Waals surface area contributed by atoms with E-state index in [2.05, 4.69) is 0 Å². The molecule has 34 heavy (non-hydrogen) atoms. The number of fused-ring (bicyclic) bond motifs is 1. The quantitative estimate of drug-likeness (QED) is 0.511. The summed E-state index contributed by atoms with van der Waals surface area (Å²) in [4.78, 5) is 33.7. The topological polar surface area (TPSA) is 73.1 Å². The zero-order valence-electron chi connectivity index (χ0n) is 19.9. The average molecular weight is 478 g/mol. The molecule has 0 aliphatic carbocycles. The van der Waals surface area contributed by atoms with Crippen molar-refractivity contribution in [3.63, 3.8) is 0 Å². The molecular weight excluding hydrogens is 450 g/mol. The Balaban J connectivity index is 1.88. The number of ether oxygens (including phenoxy) is 2. The number of esters is 1. The van der Waals surface area contributed by atoms with Crippen LogP contribution in [-0.4, -0.2) is 38.3 Å². The first-order chi connectivity index (χ1) is 16.3. The maximum absolute atomic E-state index is 13.3. The van der Waals surface area contributed by atoms with Gasteiger partial charge in [-0.3, -0.25) is 9.36 Å². The molecule has 0 spiro atoms. The van der Waals surface area contributed by atoms with Gasteiger partial charge in [0.2, 0.25) is 0 Å². The third kappa shape index (κ3) is 4.41. The minimum absolute atomic E-state index is 0.208. The maximum atomic E-state index is 13.3. The number of hydrogen-bond acceptors (Lipinski definition) is 7. The van der Waals surface area contributed by atoms with E-state index < -0.39 is 12.0 Å². The van der Waals surface area contributed by atoms with Crippen molar-refractivity contribution >= 4 is 34.8 Å². The lowest BCUT2D eigenvalue weighted by Gasteiger charge is -2.23. The summed E-state index contributed by atoms with van der Waals surface area (Å²) in [6.07, 6.45) is 1.82. The smallest absolute Gasteiger partial charge is 0.338 e. The van der Waals surface area contributed by atoms with E-state index in [1.54, 1.807) is 21.0 Å². The first kappa shape index (κ1) is 23.5. The molecule has 0 amide bonds. The van der Waals surface area contributed by atoms with Gasteiger partial charge in [0.15, 0.2) is 4.80 Å². The van der Waals surface area contributed by atoms with E-state index in [0.29, 0.717) is 20.6 Å². The van der Waals surface area contributed by atoms with Crippen LogP contribution in [0.15, 0.2) is 63.9 Å². The fourth-order valence-corrected chi connectivity index (χ4v) is 4.90. The normalized spacial score (nSPS) is 15.6. The summed E-state index contributed by atoms with van der Waals surface area (Å²) in [6.45, 7) is 3.78. The Bertz CT molecular complexity index is 1410. The molecule has 3 aromatic rings. The number of methoxy groups -OCH3 is 1. The zero-order valence-corrected chi connectivity index (χ0v) is 20.7. The number of benzene rings is 2. The van der Waals surface area contributed by atoms with Gasteiger partial charge in [-0.1, -0.05) is 35.6 Å². The number of hydrogen-bond donors (Lipinski definition) is 0. The Morgan fingerprint density at radius 1 is 1.15 bits per heavy atom. The fraction of sp³-hybridized carbons (Fsp3) is 0.269. The van der Waals surface area contributed by atoms with Crippen LogP contribution in [0.4, 0.5) is 5.69 Å². The minimum Gasteiger partial charge on any atom is -0.497 e. The van der Waals surface area contributed by atoms with Gasteiger partial charge in [0.1, 0.15) is 11.8 Å². The highest BCUT2D eigenvalue weighted by molar-refractivity contribution is 7.07. The lowest BCUT2D eigenvalue weighted by atomic mass is 9.96. The number of allylic oxidation sites excluding steroid dienone is 1. The van der Waals surface area contributed by atoms with Crippen LogP contribution in [-0.2, 0) is 9.53 Å². The molecule has 0 bridgehead atoms. The molecule has 1 aliphatic heterocycles. The fourth-order valence-electron chi connectivity index (χ4n) is 3.86. The number of anilines is 1. The van der Waals surface area contributed by atoms with Gasteiger partial charge in [0.05, 0.1) is 23.8 Å². The highest BCUT2D eigenvalue weighted by Crippen LogP contribution is 2.33. The van der Waals surface area contributed by atoms with Gasteiger partial charge in [0, 0.05) is 25.5 Å². The average Bonchev–Trinajstić information content (AvgIpc) is 3.14. The van der Waals surface area contributed by atoms with Crippen molar-refractivity contribution in [2.24, 2.45) is 4.99 Å². The molecule has 0 saturated heterocycles. The van der Waals surface area contributed by atoms with Crippen molar-refractivity contribution in [1.82, 2.24) is 4.57 Å². The molecule has 4 rings (SSSR count). The molecule has 8 heteroatoms. The number of thiazole rings is 1. The largest absolute Gasteiger partial charge is 0.497 e. The van der Waals surface area contributed by atoms with E-state index in [4.69, 9.17) is 14.5 Å². The Morgan fingerprint density at radius 3 is 2.41 bits per heavy atom. The monoisotopic (exact) mass is 477 g/mol. The van der Waals surface area contributed by atoms with E-state index in [1.165, 1.54) is 15.9 Å². The van der Waals surface area contributed by atoms with Crippen LogP contribution < -0.4 is 24.5 Å². The number of carbonyl (C=O) groups is 1. The lowest BCUT2D eigenvalue weighted by Crippen LogP contribution is -2.35. The molecule has 0 fully saturated rings. The predicted octanol–water partition coefficient (Wildman–Crippen LogP) is 2.98. The second-order valence-corrected chi connectivity index (χ2v) is 9.05. The first-order valence-electron chi connectivity index (χ1n) is 10.9. The molecule has 0 saturated carbocycles. The number of carbonyl (C=O) groups excluding carboxylic acids is 1. The predicted molar refractivity (Wildman–Crippen MR) is 135 cm³/mol. The Morgan fingerprint density at radius 2 is 1.82 bits per heavy atom. The van der Waals surface area contributed by atoms with Gasteiger partial charge in [-0.15, -0.1) is 0 Å². The highest BCUT2D eigenvalue weighted by Gasteiger charge is 2.31. The number of rotatable bonds is 6. The van der Waals surface area contributed by atoms with Crippen molar-refractivity contribution in [1.29, 1.82) is 0 Å². The van der Waals surface area contributed by atoms with Crippen LogP contribution >= 0.6 is 11.3 Å². The van der Waals surface area contributed by atoms with Crippen molar-refractivity contribution in [2.75, 3.05) is 32.7 Å². The Hall–Kier alpha value is -3.65. The van der Waals surface area contributed by atoms with Gasteiger partial charge >= 0.3 is 5.97 Å². The lowest BCUT2D eigenvalue weighted by molar-refractivity contribution is -0.138. The van der Waals surface area contributed by atoms with Crippen LogP contribution in [0.5, 0.6) is 5.75 Å². The summed E-state index contributed by atoms with van der Waals surface area (Å²) in [7, 11) is 5.55. The van der Waals surface area contributed by atoms with Crippen molar-refractivity contribution in [3.8, 4) is 5.75 Å². The SMILES string of the molecule is CCOC(=O)C1=C(C)n2c(s/c(=C\c3ccc(OC)cc3)c2=O)=N[C@H]1c1ccc(N(C)C)cc1. The van der Waals surface area contributed by atoms with Crippen LogP contribution in [0.1, 0.15) is 31.0 Å². The van der Waals surface area contributed by atoms with Gasteiger partial charge in [0.25, 0.3) is 5.56 Å². The van der Waals surface area contributed by atoms with Crippen LogP contribution in [0.25, 0.3) is 11.8 Å². The van der Waals surface area contributed by atoms with Gasteiger partial charge < -0.3 is 14.4 Å². The van der Waals surface area contributed by atoms with Crippen molar-refractivity contribution in [3.05, 3.63) is 84.9 Å². The summed E-state index contributed by atoms with van der Waals surface area (Å²) in [5.74, 6) is 0.283. The van der Waals surface area contributed by atoms with Crippen molar-refractivity contribution < 1.29 is 14.3 Å². The van der Waals surface area contributed by atoms with E-state index in [-0.39, 0.29) is 12.2 Å². The zero-order chi connectivity index (χ0) is 24.4. The second-order valence-electron chi connectivity index (χ2n) is 8.04. The summed E-state index contributed by atoms with van der Waals surface area (Å²) >= 11 is 1.31. The molecule has 1 aliphatic rings. The second kappa shape index (κ2) is 9.69. The highest BCUT2D eigenvalue weighted by atomic mass is 32.1. The molecule has 0 radical (unpaired) electrons. The van der Waals surface area contributed by atoms with Gasteiger partial charge in [-0.2, -0.15) is 0 Å². The molecule has 0 N–H and O–H groups in total. The summed E-state index contributed by atoms with van der Waals surface area (Å²) in [5.41, 5.74) is 3.49. The number of aromatic nitrogens is 1. The Kier molecular flexibility index (Phi) is 6.70. The van der Waals surface area contributed by atoms with E-state index in [1.807, 2.05) is 73.6 Å². The van der Waals surface area contributed by atoms with Crippen LogP contribution in [0.2, 0.25) is 0 Å².